The van der Waals surface area contributed by atoms with Crippen molar-refractivity contribution in [3.05, 3.63) is 32.9 Å². The van der Waals surface area contributed by atoms with Gasteiger partial charge in [-0.3, -0.25) is 4.79 Å². The van der Waals surface area contributed by atoms with Gasteiger partial charge in [-0.1, -0.05) is 12.1 Å². The molecule has 0 radical (unpaired) electrons. The molecule has 1 aromatic carbocycles. The van der Waals surface area contributed by atoms with Gasteiger partial charge in [0.05, 0.1) is 7.11 Å². The second-order valence-corrected chi connectivity index (χ2v) is 4.83. The minimum Gasteiger partial charge on any atom is -0.479 e. The lowest BCUT2D eigenvalue weighted by Crippen LogP contribution is -2.12. The van der Waals surface area contributed by atoms with Gasteiger partial charge < -0.3 is 14.9 Å². The second-order valence-electron chi connectivity index (χ2n) is 3.67. The van der Waals surface area contributed by atoms with E-state index in [0.717, 1.165) is 5.56 Å². The normalized spacial score (nSPS) is 11.9. The highest BCUT2D eigenvalue weighted by atomic mass is 127. The summed E-state index contributed by atoms with van der Waals surface area (Å²) in [6.45, 7) is 0. The molecule has 0 aromatic heterocycles. The fraction of sp³-hybridized carbons (Fsp3) is 0.333. The van der Waals surface area contributed by atoms with Gasteiger partial charge in [0.1, 0.15) is 0 Å². The number of rotatable bonds is 5. The molecule has 0 aliphatic heterocycles. The number of benzene rings is 1. The molecule has 0 fully saturated rings. The van der Waals surface area contributed by atoms with E-state index in [0.29, 0.717) is 15.6 Å². The first-order valence-corrected chi connectivity index (χ1v) is 6.29. The lowest BCUT2D eigenvalue weighted by atomic mass is 10.0. The number of carbonyl (C=O) groups excluding carboxylic acids is 1. The molecule has 5 nitrogen and oxygen atoms in total. The van der Waals surface area contributed by atoms with Crippen molar-refractivity contribution >= 4 is 34.5 Å². The van der Waals surface area contributed by atoms with E-state index in [9.17, 15) is 14.7 Å². The van der Waals surface area contributed by atoms with Gasteiger partial charge in [0.2, 0.25) is 0 Å². The number of carboxylic acid groups (broad SMARTS) is 1. The van der Waals surface area contributed by atoms with Crippen molar-refractivity contribution in [3.63, 3.8) is 0 Å². The number of aliphatic hydroxyl groups excluding tert-OH is 1. The van der Waals surface area contributed by atoms with Crippen LogP contribution in [0.1, 0.15) is 23.7 Å². The number of methoxy groups -OCH3 is 1. The fourth-order valence-electron chi connectivity index (χ4n) is 1.44. The molecular weight excluding hydrogens is 351 g/mol. The molecule has 1 unspecified atom stereocenters. The standard InChI is InChI=1S/C12H13IO5/c1-18-10(14)5-3-7-2-4-9(13)8(6-7)11(15)12(16)17/h2,4,6,11,15H,3,5H2,1H3,(H,16,17). The van der Waals surface area contributed by atoms with Crippen molar-refractivity contribution in [1.29, 1.82) is 0 Å². The molecule has 0 spiro atoms. The number of carbonyl (C=O) groups is 2. The molecule has 6 heteroatoms. The highest BCUT2D eigenvalue weighted by Crippen LogP contribution is 2.22. The Morgan fingerprint density at radius 3 is 2.67 bits per heavy atom. The van der Waals surface area contributed by atoms with Crippen molar-refractivity contribution in [2.24, 2.45) is 0 Å². The third kappa shape index (κ3) is 3.95. The first kappa shape index (κ1) is 14.9. The van der Waals surface area contributed by atoms with Crippen LogP contribution in [0.2, 0.25) is 0 Å². The Labute approximate surface area is 118 Å². The minimum atomic E-state index is -1.55. The van der Waals surface area contributed by atoms with Crippen LogP contribution in [-0.2, 0) is 20.7 Å². The van der Waals surface area contributed by atoms with Crippen LogP contribution in [0.3, 0.4) is 0 Å². The monoisotopic (exact) mass is 364 g/mol. The van der Waals surface area contributed by atoms with Crippen molar-refractivity contribution in [2.45, 2.75) is 18.9 Å². The molecule has 98 valence electrons. The van der Waals surface area contributed by atoms with Gasteiger partial charge in [-0.15, -0.1) is 0 Å². The van der Waals surface area contributed by atoms with Gasteiger partial charge in [0, 0.05) is 15.6 Å². The topological polar surface area (TPSA) is 83.8 Å². The van der Waals surface area contributed by atoms with Gasteiger partial charge in [-0.25, -0.2) is 4.79 Å². The summed E-state index contributed by atoms with van der Waals surface area (Å²) in [5, 5.41) is 18.3. The van der Waals surface area contributed by atoms with E-state index in [1.165, 1.54) is 7.11 Å². The van der Waals surface area contributed by atoms with Gasteiger partial charge in [-0.05, 0) is 40.6 Å². The second kappa shape index (κ2) is 6.69. The van der Waals surface area contributed by atoms with E-state index in [2.05, 4.69) is 4.74 Å². The van der Waals surface area contributed by atoms with Crippen LogP contribution >= 0.6 is 22.6 Å². The molecular formula is C12H13IO5. The summed E-state index contributed by atoms with van der Waals surface area (Å²) in [5.74, 6) is -1.62. The Kier molecular flexibility index (Phi) is 5.54. The summed E-state index contributed by atoms with van der Waals surface area (Å²) >= 11 is 1.96. The van der Waals surface area contributed by atoms with E-state index in [-0.39, 0.29) is 12.4 Å². The summed E-state index contributed by atoms with van der Waals surface area (Å²) in [7, 11) is 1.32. The highest BCUT2D eigenvalue weighted by molar-refractivity contribution is 14.1. The number of halogens is 1. The molecule has 0 aliphatic rings. The number of aliphatic carboxylic acids is 1. The Morgan fingerprint density at radius 1 is 1.44 bits per heavy atom. The van der Waals surface area contributed by atoms with Crippen LogP contribution in [0.5, 0.6) is 0 Å². The van der Waals surface area contributed by atoms with E-state index in [1.807, 2.05) is 22.6 Å². The Balaban J connectivity index is 2.87. The molecule has 1 aromatic rings. The summed E-state index contributed by atoms with van der Waals surface area (Å²) in [5.41, 5.74) is 1.13. The summed E-state index contributed by atoms with van der Waals surface area (Å²) < 4.78 is 5.20. The molecule has 0 saturated heterocycles. The average molecular weight is 364 g/mol. The Morgan fingerprint density at radius 2 is 2.11 bits per heavy atom. The van der Waals surface area contributed by atoms with Gasteiger partial charge in [-0.2, -0.15) is 0 Å². The number of hydrogen-bond donors (Lipinski definition) is 2. The third-order valence-electron chi connectivity index (χ3n) is 2.43. The predicted molar refractivity (Wildman–Crippen MR) is 72.1 cm³/mol. The maximum atomic E-state index is 11.0. The fourth-order valence-corrected chi connectivity index (χ4v) is 2.07. The average Bonchev–Trinajstić information content (AvgIpc) is 2.36. The number of carboxylic acids is 1. The molecule has 18 heavy (non-hydrogen) atoms. The number of aryl methyl sites for hydroxylation is 1. The maximum Gasteiger partial charge on any atom is 0.337 e. The zero-order chi connectivity index (χ0) is 13.7. The quantitative estimate of drug-likeness (QED) is 0.612. The van der Waals surface area contributed by atoms with Gasteiger partial charge in [0.15, 0.2) is 6.10 Å². The van der Waals surface area contributed by atoms with Gasteiger partial charge in [0.25, 0.3) is 0 Å². The molecule has 2 N–H and O–H groups in total. The van der Waals surface area contributed by atoms with Crippen LogP contribution in [0.25, 0.3) is 0 Å². The lowest BCUT2D eigenvalue weighted by Gasteiger charge is -2.10. The number of esters is 1. The van der Waals surface area contributed by atoms with Crippen LogP contribution < -0.4 is 0 Å². The van der Waals surface area contributed by atoms with Gasteiger partial charge >= 0.3 is 11.9 Å². The lowest BCUT2D eigenvalue weighted by molar-refractivity contribution is -0.147. The summed E-state index contributed by atoms with van der Waals surface area (Å²) in [6.07, 6.45) is -0.877. The smallest absolute Gasteiger partial charge is 0.337 e. The van der Waals surface area contributed by atoms with Crippen molar-refractivity contribution < 1.29 is 24.5 Å². The van der Waals surface area contributed by atoms with Crippen LogP contribution in [-0.4, -0.2) is 29.3 Å². The maximum absolute atomic E-state index is 11.0. The largest absolute Gasteiger partial charge is 0.479 e. The van der Waals surface area contributed by atoms with Crippen molar-refractivity contribution in [3.8, 4) is 0 Å². The zero-order valence-electron chi connectivity index (χ0n) is 9.72. The van der Waals surface area contributed by atoms with Crippen molar-refractivity contribution in [2.75, 3.05) is 7.11 Å². The number of aliphatic hydroxyl groups is 1. The molecule has 1 rings (SSSR count). The molecule has 1 atom stereocenters. The summed E-state index contributed by atoms with van der Waals surface area (Å²) in [4.78, 5) is 21.8. The van der Waals surface area contributed by atoms with E-state index >= 15 is 0 Å². The predicted octanol–water partition coefficient (Wildman–Crippen LogP) is 1.51. The number of hydrogen-bond acceptors (Lipinski definition) is 4. The Bertz CT molecular complexity index is 458. The first-order chi connectivity index (χ1) is 8.45. The van der Waals surface area contributed by atoms with E-state index in [4.69, 9.17) is 5.11 Å². The SMILES string of the molecule is COC(=O)CCc1ccc(I)c(C(O)C(=O)O)c1. The Hall–Kier alpha value is -1.15. The minimum absolute atomic E-state index is 0.222. The molecule has 0 bridgehead atoms. The molecule has 0 heterocycles. The van der Waals surface area contributed by atoms with Crippen LogP contribution in [0.4, 0.5) is 0 Å². The van der Waals surface area contributed by atoms with E-state index < -0.39 is 12.1 Å². The van der Waals surface area contributed by atoms with E-state index in [1.54, 1.807) is 18.2 Å². The van der Waals surface area contributed by atoms with Crippen molar-refractivity contribution in [1.82, 2.24) is 0 Å². The number of ether oxygens (including phenoxy) is 1. The highest BCUT2D eigenvalue weighted by Gasteiger charge is 2.19. The molecule has 0 amide bonds. The third-order valence-corrected chi connectivity index (χ3v) is 3.42. The van der Waals surface area contributed by atoms with Crippen LogP contribution in [0, 0.1) is 3.57 Å². The molecule has 0 aliphatic carbocycles. The molecule has 0 saturated carbocycles. The first-order valence-electron chi connectivity index (χ1n) is 5.21. The zero-order valence-corrected chi connectivity index (χ0v) is 11.9. The summed E-state index contributed by atoms with van der Waals surface area (Å²) in [6, 6.07) is 5.11. The van der Waals surface area contributed by atoms with Crippen LogP contribution in [0.15, 0.2) is 18.2 Å².